The molecule has 0 aliphatic heterocycles. The Morgan fingerprint density at radius 2 is 2.00 bits per heavy atom. The van der Waals surface area contributed by atoms with Crippen molar-refractivity contribution < 1.29 is 23.1 Å². The Bertz CT molecular complexity index is 734. The highest BCUT2D eigenvalue weighted by Gasteiger charge is 2.24. The lowest BCUT2D eigenvalue weighted by Gasteiger charge is -2.18. The maximum atomic E-state index is 12.1. The highest BCUT2D eigenvalue weighted by Crippen LogP contribution is 2.12. The molecule has 1 unspecified atom stereocenters. The molecule has 0 radical (unpaired) electrons. The van der Waals surface area contributed by atoms with E-state index in [9.17, 15) is 18.0 Å². The second-order valence-corrected chi connectivity index (χ2v) is 6.86. The van der Waals surface area contributed by atoms with Crippen molar-refractivity contribution in [3.63, 3.8) is 0 Å². The molecule has 0 fully saturated rings. The van der Waals surface area contributed by atoms with Crippen molar-refractivity contribution in [1.29, 1.82) is 0 Å². The van der Waals surface area contributed by atoms with Crippen molar-refractivity contribution in [3.05, 3.63) is 29.8 Å². The van der Waals surface area contributed by atoms with Gasteiger partial charge in [0.25, 0.3) is 5.91 Å². The van der Waals surface area contributed by atoms with Gasteiger partial charge in [-0.3, -0.25) is 4.79 Å². The smallest absolute Gasteiger partial charge is 0.326 e. The number of terminal acetylenes is 1. The van der Waals surface area contributed by atoms with E-state index < -0.39 is 27.9 Å². The Balaban J connectivity index is 3.03. The van der Waals surface area contributed by atoms with Crippen LogP contribution in [0.1, 0.15) is 24.2 Å². The molecule has 8 heteroatoms. The number of aliphatic carboxylic acids is 1. The minimum atomic E-state index is -3.83. The van der Waals surface area contributed by atoms with Crippen molar-refractivity contribution in [2.45, 2.75) is 24.8 Å². The predicted octanol–water partition coefficient (Wildman–Crippen LogP) is 0.437. The third-order valence-corrected chi connectivity index (χ3v) is 4.39. The number of rotatable bonds is 7. The fourth-order valence-corrected chi connectivity index (χ4v) is 2.74. The van der Waals surface area contributed by atoms with Crippen LogP contribution in [0.3, 0.4) is 0 Å². The van der Waals surface area contributed by atoms with Crippen LogP contribution in [0.15, 0.2) is 29.2 Å². The van der Waals surface area contributed by atoms with Crippen molar-refractivity contribution in [1.82, 2.24) is 10.0 Å². The van der Waals surface area contributed by atoms with Gasteiger partial charge in [0.2, 0.25) is 10.0 Å². The van der Waals surface area contributed by atoms with Crippen LogP contribution in [0.4, 0.5) is 0 Å². The van der Waals surface area contributed by atoms with Crippen molar-refractivity contribution >= 4 is 21.9 Å². The van der Waals surface area contributed by atoms with Crippen LogP contribution in [0.5, 0.6) is 0 Å². The summed E-state index contributed by atoms with van der Waals surface area (Å²) in [5, 5.41) is 11.4. The van der Waals surface area contributed by atoms with Crippen LogP contribution in [-0.4, -0.2) is 38.0 Å². The van der Waals surface area contributed by atoms with Crippen LogP contribution in [0, 0.1) is 18.3 Å². The Kier molecular flexibility index (Phi) is 6.30. The Hall–Kier alpha value is -2.37. The van der Waals surface area contributed by atoms with E-state index in [1.807, 2.05) is 0 Å². The predicted molar refractivity (Wildman–Crippen MR) is 84.2 cm³/mol. The maximum Gasteiger partial charge on any atom is 0.326 e. The van der Waals surface area contributed by atoms with E-state index in [0.717, 1.165) is 6.07 Å². The molecule has 0 heterocycles. The number of amides is 1. The second kappa shape index (κ2) is 7.76. The minimum absolute atomic E-state index is 0.0421. The molecule has 0 bridgehead atoms. The number of carboxylic acid groups (broad SMARTS) is 1. The van der Waals surface area contributed by atoms with Gasteiger partial charge in [-0.15, -0.1) is 6.42 Å². The van der Waals surface area contributed by atoms with Gasteiger partial charge in [-0.1, -0.05) is 25.8 Å². The fourth-order valence-electron chi connectivity index (χ4n) is 1.76. The third-order valence-electron chi connectivity index (χ3n) is 2.99. The molecular formula is C15H18N2O5S. The molecule has 1 rings (SSSR count). The number of nitrogens with one attached hydrogen (secondary N) is 2. The van der Waals surface area contributed by atoms with Gasteiger partial charge in [0.05, 0.1) is 11.4 Å². The molecule has 1 amide bonds. The fraction of sp³-hybridized carbons (Fsp3) is 0.333. The van der Waals surface area contributed by atoms with Gasteiger partial charge >= 0.3 is 5.97 Å². The molecule has 0 aromatic heterocycles. The van der Waals surface area contributed by atoms with Gasteiger partial charge in [0.15, 0.2) is 0 Å². The average molecular weight is 338 g/mol. The number of carbonyl (C=O) groups is 2. The Morgan fingerprint density at radius 3 is 2.52 bits per heavy atom. The number of carbonyl (C=O) groups excluding carboxylic acids is 1. The standard InChI is InChI=1S/C15H18N2O5S/c1-4-8-16-23(21,22)12-7-5-6-11(9-12)14(18)17-13(10(2)3)15(19)20/h1,5-7,9-10,13,16H,8H2,2-3H3,(H,17,18)(H,19,20). The molecule has 3 N–H and O–H groups in total. The van der Waals surface area contributed by atoms with Crippen molar-refractivity contribution in [2.75, 3.05) is 6.54 Å². The van der Waals surface area contributed by atoms with E-state index in [-0.39, 0.29) is 22.9 Å². The van der Waals surface area contributed by atoms with Crippen molar-refractivity contribution in [3.8, 4) is 12.3 Å². The number of benzene rings is 1. The number of carboxylic acids is 1. The van der Waals surface area contributed by atoms with E-state index in [1.165, 1.54) is 18.2 Å². The summed E-state index contributed by atoms with van der Waals surface area (Å²) in [6.45, 7) is 3.14. The van der Waals surface area contributed by atoms with Crippen LogP contribution < -0.4 is 10.0 Å². The molecule has 7 nitrogen and oxygen atoms in total. The van der Waals surface area contributed by atoms with Gasteiger partial charge in [0, 0.05) is 5.56 Å². The molecule has 0 spiro atoms. The first-order valence-corrected chi connectivity index (χ1v) is 8.24. The molecule has 0 aliphatic rings. The summed E-state index contributed by atoms with van der Waals surface area (Å²) in [6.07, 6.45) is 5.01. The summed E-state index contributed by atoms with van der Waals surface area (Å²) in [6, 6.07) is 4.20. The first kappa shape index (κ1) is 18.7. The summed E-state index contributed by atoms with van der Waals surface area (Å²) in [5.41, 5.74) is 0.0421. The lowest BCUT2D eigenvalue weighted by atomic mass is 10.0. The summed E-state index contributed by atoms with van der Waals surface area (Å²) in [4.78, 5) is 23.1. The first-order valence-electron chi connectivity index (χ1n) is 6.76. The molecule has 0 aliphatic carbocycles. The first-order chi connectivity index (χ1) is 10.7. The minimum Gasteiger partial charge on any atom is -0.480 e. The van der Waals surface area contributed by atoms with Gasteiger partial charge in [-0.25, -0.2) is 13.2 Å². The monoisotopic (exact) mass is 338 g/mol. The Morgan fingerprint density at radius 1 is 1.35 bits per heavy atom. The SMILES string of the molecule is C#CCNS(=O)(=O)c1cccc(C(=O)NC(C(=O)O)C(C)C)c1. The van der Waals surface area contributed by atoms with Gasteiger partial charge in [-0.05, 0) is 24.1 Å². The molecule has 0 saturated carbocycles. The topological polar surface area (TPSA) is 113 Å². The summed E-state index contributed by atoms with van der Waals surface area (Å²) < 4.78 is 26.1. The highest BCUT2D eigenvalue weighted by atomic mass is 32.2. The van der Waals surface area contributed by atoms with Crippen LogP contribution in [0.2, 0.25) is 0 Å². The van der Waals surface area contributed by atoms with E-state index in [1.54, 1.807) is 13.8 Å². The third kappa shape index (κ3) is 5.09. The molecule has 1 atom stereocenters. The van der Waals surface area contributed by atoms with Crippen molar-refractivity contribution in [2.24, 2.45) is 5.92 Å². The Labute approximate surface area is 135 Å². The van der Waals surface area contributed by atoms with Gasteiger partial charge in [-0.2, -0.15) is 4.72 Å². The van der Waals surface area contributed by atoms with E-state index in [4.69, 9.17) is 11.5 Å². The highest BCUT2D eigenvalue weighted by molar-refractivity contribution is 7.89. The average Bonchev–Trinajstić information content (AvgIpc) is 2.49. The lowest BCUT2D eigenvalue weighted by molar-refractivity contribution is -0.140. The maximum absolute atomic E-state index is 12.1. The molecule has 23 heavy (non-hydrogen) atoms. The van der Waals surface area contributed by atoms with E-state index in [2.05, 4.69) is 16.0 Å². The number of sulfonamides is 1. The zero-order valence-electron chi connectivity index (χ0n) is 12.7. The molecule has 1 aromatic carbocycles. The zero-order valence-corrected chi connectivity index (χ0v) is 13.6. The quantitative estimate of drug-likeness (QED) is 0.624. The molecule has 124 valence electrons. The summed E-state index contributed by atoms with van der Waals surface area (Å²) in [7, 11) is -3.83. The van der Waals surface area contributed by atoms with Gasteiger partial charge < -0.3 is 10.4 Å². The van der Waals surface area contributed by atoms with Crippen LogP contribution >= 0.6 is 0 Å². The molecule has 0 saturated heterocycles. The second-order valence-electron chi connectivity index (χ2n) is 5.09. The summed E-state index contributed by atoms with van der Waals surface area (Å²) >= 11 is 0. The van der Waals surface area contributed by atoms with E-state index in [0.29, 0.717) is 0 Å². The zero-order chi connectivity index (χ0) is 17.6. The van der Waals surface area contributed by atoms with E-state index >= 15 is 0 Å². The number of hydrogen-bond acceptors (Lipinski definition) is 4. The molecule has 1 aromatic rings. The normalized spacial score (nSPS) is 12.4. The molecular weight excluding hydrogens is 320 g/mol. The lowest BCUT2D eigenvalue weighted by Crippen LogP contribution is -2.44. The van der Waals surface area contributed by atoms with Gasteiger partial charge in [0.1, 0.15) is 6.04 Å². The largest absolute Gasteiger partial charge is 0.480 e. The number of hydrogen-bond donors (Lipinski definition) is 3. The van der Waals surface area contributed by atoms with Crippen LogP contribution in [-0.2, 0) is 14.8 Å². The van der Waals surface area contributed by atoms with Crippen LogP contribution in [0.25, 0.3) is 0 Å². The summed E-state index contributed by atoms with van der Waals surface area (Å²) in [5.74, 6) is 0.00230.